The smallest absolute Gasteiger partial charge is 0.260 e. The second-order valence-electron chi connectivity index (χ2n) is 10.1. The molecule has 1 fully saturated rings. The van der Waals surface area contributed by atoms with Crippen LogP contribution in [0.5, 0.6) is 5.75 Å². The van der Waals surface area contributed by atoms with Crippen LogP contribution in [0.1, 0.15) is 54.0 Å². The highest BCUT2D eigenvalue weighted by Gasteiger charge is 2.36. The molecule has 6 heteroatoms. The quantitative estimate of drug-likeness (QED) is 0.429. The topological polar surface area (TPSA) is 49.9 Å². The molecule has 3 aromatic carbocycles. The molecule has 0 aromatic heterocycles. The maximum atomic E-state index is 13.8. The summed E-state index contributed by atoms with van der Waals surface area (Å²) in [6, 6.07) is 21.8. The highest BCUT2D eigenvalue weighted by Crippen LogP contribution is 2.39. The van der Waals surface area contributed by atoms with Crippen LogP contribution in [-0.4, -0.2) is 41.8 Å². The molecule has 2 aliphatic rings. The van der Waals surface area contributed by atoms with Gasteiger partial charge in [-0.1, -0.05) is 61.4 Å². The van der Waals surface area contributed by atoms with Crippen LogP contribution in [0.25, 0.3) is 0 Å². The molecule has 3 aromatic rings. The van der Waals surface area contributed by atoms with Crippen LogP contribution in [0.15, 0.2) is 72.8 Å². The number of hydrogen-bond acceptors (Lipinski definition) is 3. The molecule has 2 amide bonds. The lowest BCUT2D eigenvalue weighted by Crippen LogP contribution is -2.43. The maximum absolute atomic E-state index is 13.8. The molecule has 1 aliphatic heterocycles. The Balaban J connectivity index is 1.36. The van der Waals surface area contributed by atoms with Gasteiger partial charge in [0.2, 0.25) is 5.91 Å². The fraction of sp³-hybridized carbons (Fsp3) is 0.355. The highest BCUT2D eigenvalue weighted by molar-refractivity contribution is 5.80. The average Bonchev–Trinajstić information content (AvgIpc) is 3.47. The Hall–Kier alpha value is -3.67. The number of carbonyl (C=O) groups excluding carboxylic acids is 2. The molecule has 1 atom stereocenters. The Morgan fingerprint density at radius 1 is 1.00 bits per heavy atom. The van der Waals surface area contributed by atoms with Crippen molar-refractivity contribution in [3.8, 4) is 5.75 Å². The Kier molecular flexibility index (Phi) is 7.54. The normalized spacial score (nSPS) is 17.4. The number of carbonyl (C=O) groups is 2. The first-order chi connectivity index (χ1) is 18.0. The number of ether oxygens (including phenoxy) is 1. The van der Waals surface area contributed by atoms with Gasteiger partial charge in [-0.3, -0.25) is 9.59 Å². The van der Waals surface area contributed by atoms with Gasteiger partial charge in [-0.05, 0) is 65.8 Å². The summed E-state index contributed by atoms with van der Waals surface area (Å²) < 4.78 is 19.7. The van der Waals surface area contributed by atoms with Gasteiger partial charge < -0.3 is 14.5 Å². The van der Waals surface area contributed by atoms with E-state index in [-0.39, 0.29) is 36.2 Å². The first kappa shape index (κ1) is 25.0. The van der Waals surface area contributed by atoms with E-state index in [2.05, 4.69) is 0 Å². The molecule has 37 heavy (non-hydrogen) atoms. The third kappa shape index (κ3) is 5.68. The molecule has 0 saturated heterocycles. The molecule has 1 heterocycles. The summed E-state index contributed by atoms with van der Waals surface area (Å²) in [7, 11) is 1.77. The minimum absolute atomic E-state index is 0.0571. The van der Waals surface area contributed by atoms with Gasteiger partial charge in [-0.15, -0.1) is 0 Å². The monoisotopic (exact) mass is 500 g/mol. The number of likely N-dealkylation sites (N-methyl/N-ethyl adjacent to an activating group) is 1. The van der Waals surface area contributed by atoms with E-state index >= 15 is 0 Å². The van der Waals surface area contributed by atoms with Gasteiger partial charge in [0.1, 0.15) is 11.6 Å². The summed E-state index contributed by atoms with van der Waals surface area (Å²) in [5.74, 6) is 0.407. The van der Waals surface area contributed by atoms with Crippen molar-refractivity contribution in [2.45, 2.75) is 44.7 Å². The van der Waals surface area contributed by atoms with Gasteiger partial charge in [-0.2, -0.15) is 0 Å². The van der Waals surface area contributed by atoms with Gasteiger partial charge >= 0.3 is 0 Å². The van der Waals surface area contributed by atoms with E-state index in [0.29, 0.717) is 18.8 Å². The molecule has 0 spiro atoms. The average molecular weight is 501 g/mol. The van der Waals surface area contributed by atoms with Gasteiger partial charge in [0.15, 0.2) is 6.61 Å². The zero-order valence-electron chi connectivity index (χ0n) is 21.2. The van der Waals surface area contributed by atoms with Crippen LogP contribution in [0.4, 0.5) is 4.39 Å². The summed E-state index contributed by atoms with van der Waals surface area (Å²) in [4.78, 5) is 29.9. The molecule has 1 unspecified atom stereocenters. The van der Waals surface area contributed by atoms with Gasteiger partial charge in [0.05, 0.1) is 6.04 Å². The van der Waals surface area contributed by atoms with E-state index in [0.717, 1.165) is 54.4 Å². The lowest BCUT2D eigenvalue weighted by molar-refractivity contribution is -0.137. The molecule has 0 radical (unpaired) electrons. The largest absolute Gasteiger partial charge is 0.484 e. The van der Waals surface area contributed by atoms with Crippen molar-refractivity contribution in [3.05, 3.63) is 101 Å². The van der Waals surface area contributed by atoms with Crippen molar-refractivity contribution in [1.82, 2.24) is 9.80 Å². The highest BCUT2D eigenvalue weighted by atomic mass is 19.1. The van der Waals surface area contributed by atoms with E-state index < -0.39 is 0 Å². The molecular formula is C31H33FN2O3. The zero-order chi connectivity index (χ0) is 25.8. The number of amides is 2. The van der Waals surface area contributed by atoms with Crippen LogP contribution < -0.4 is 4.74 Å². The van der Waals surface area contributed by atoms with E-state index in [1.807, 2.05) is 53.4 Å². The van der Waals surface area contributed by atoms with Crippen molar-refractivity contribution in [2.75, 3.05) is 20.2 Å². The van der Waals surface area contributed by atoms with Gasteiger partial charge in [-0.25, -0.2) is 4.39 Å². The summed E-state index contributed by atoms with van der Waals surface area (Å²) in [6.45, 7) is 1.07. The van der Waals surface area contributed by atoms with Gasteiger partial charge in [0, 0.05) is 26.1 Å². The standard InChI is InChI=1S/C31H33FN2O3/c1-33(20-22-7-3-2-4-8-22)29(35)21-37-27-16-13-23-17-18-34(31(36)25-9-5-6-10-25)30(28(23)19-27)24-11-14-26(32)15-12-24/h2-4,7-8,11-16,19,25,30H,5-6,9-10,17-18,20-21H2,1H3. The summed E-state index contributed by atoms with van der Waals surface area (Å²) >= 11 is 0. The lowest BCUT2D eigenvalue weighted by atomic mass is 9.87. The Labute approximate surface area is 217 Å². The Bertz CT molecular complexity index is 1240. The molecule has 0 bridgehead atoms. The maximum Gasteiger partial charge on any atom is 0.260 e. The number of nitrogens with zero attached hydrogens (tertiary/aromatic N) is 2. The SMILES string of the molecule is CN(Cc1ccccc1)C(=O)COc1ccc2c(c1)C(c1ccc(F)cc1)N(C(=O)C1CCCC1)CC2. The summed E-state index contributed by atoms with van der Waals surface area (Å²) in [5, 5.41) is 0. The number of rotatable bonds is 7. The Morgan fingerprint density at radius 2 is 1.73 bits per heavy atom. The van der Waals surface area contributed by atoms with Crippen LogP contribution in [0.3, 0.4) is 0 Å². The molecule has 1 saturated carbocycles. The number of hydrogen-bond donors (Lipinski definition) is 0. The lowest BCUT2D eigenvalue weighted by Gasteiger charge is -2.39. The molecule has 5 nitrogen and oxygen atoms in total. The third-order valence-electron chi connectivity index (χ3n) is 7.57. The molecule has 0 N–H and O–H groups in total. The van der Waals surface area contributed by atoms with E-state index in [1.54, 1.807) is 24.1 Å². The van der Waals surface area contributed by atoms with Crippen molar-refractivity contribution >= 4 is 11.8 Å². The molecule has 1 aliphatic carbocycles. The van der Waals surface area contributed by atoms with Crippen molar-refractivity contribution in [1.29, 1.82) is 0 Å². The van der Waals surface area contributed by atoms with Gasteiger partial charge in [0.25, 0.3) is 5.91 Å². The number of benzene rings is 3. The Morgan fingerprint density at radius 3 is 2.46 bits per heavy atom. The van der Waals surface area contributed by atoms with E-state index in [9.17, 15) is 14.0 Å². The summed E-state index contributed by atoms with van der Waals surface area (Å²) in [6.07, 6.45) is 4.80. The first-order valence-corrected chi connectivity index (χ1v) is 13.1. The second-order valence-corrected chi connectivity index (χ2v) is 10.1. The fourth-order valence-electron chi connectivity index (χ4n) is 5.53. The number of halogens is 1. The third-order valence-corrected chi connectivity index (χ3v) is 7.57. The zero-order valence-corrected chi connectivity index (χ0v) is 21.2. The van der Waals surface area contributed by atoms with E-state index in [4.69, 9.17) is 4.74 Å². The minimum Gasteiger partial charge on any atom is -0.484 e. The first-order valence-electron chi connectivity index (χ1n) is 13.1. The summed E-state index contributed by atoms with van der Waals surface area (Å²) in [5.41, 5.74) is 4.06. The van der Waals surface area contributed by atoms with Crippen molar-refractivity contribution < 1.29 is 18.7 Å². The van der Waals surface area contributed by atoms with Crippen molar-refractivity contribution in [2.24, 2.45) is 5.92 Å². The molecular weight excluding hydrogens is 467 g/mol. The molecule has 192 valence electrons. The van der Waals surface area contributed by atoms with Crippen LogP contribution in [0.2, 0.25) is 0 Å². The number of fused-ring (bicyclic) bond motifs is 1. The van der Waals surface area contributed by atoms with Crippen LogP contribution in [0, 0.1) is 11.7 Å². The minimum atomic E-state index is -0.308. The predicted molar refractivity (Wildman–Crippen MR) is 140 cm³/mol. The second kappa shape index (κ2) is 11.2. The van der Waals surface area contributed by atoms with E-state index in [1.165, 1.54) is 12.1 Å². The van der Waals surface area contributed by atoms with Crippen molar-refractivity contribution in [3.63, 3.8) is 0 Å². The molecule has 5 rings (SSSR count). The predicted octanol–water partition coefficient (Wildman–Crippen LogP) is 5.53. The fourth-order valence-corrected chi connectivity index (χ4v) is 5.53. The van der Waals surface area contributed by atoms with Crippen LogP contribution in [-0.2, 0) is 22.6 Å². The van der Waals surface area contributed by atoms with Crippen LogP contribution >= 0.6 is 0 Å².